The van der Waals surface area contributed by atoms with Crippen LogP contribution in [0.5, 0.6) is 0 Å². The summed E-state index contributed by atoms with van der Waals surface area (Å²) in [6, 6.07) is -1.75. The SMILES string of the molecule is NCCCCC(NC(=O)C(N)CCCN=C(N)N)C(=O)NCC(=O)NCC(=O)O. The number of amides is 3. The number of nitrogens with two attached hydrogens (primary N) is 4. The minimum Gasteiger partial charge on any atom is -0.480 e. The van der Waals surface area contributed by atoms with Crippen molar-refractivity contribution in [3.63, 3.8) is 0 Å². The summed E-state index contributed by atoms with van der Waals surface area (Å²) in [5, 5.41) is 15.6. The van der Waals surface area contributed by atoms with Crippen molar-refractivity contribution < 1.29 is 24.3 Å². The highest BCUT2D eigenvalue weighted by molar-refractivity contribution is 5.92. The lowest BCUT2D eigenvalue weighted by atomic mass is 10.1. The summed E-state index contributed by atoms with van der Waals surface area (Å²) in [6.45, 7) is -0.209. The number of carboxylic acids is 1. The zero-order valence-corrected chi connectivity index (χ0v) is 16.4. The first-order valence-corrected chi connectivity index (χ1v) is 9.25. The Hall–Kier alpha value is -2.93. The van der Waals surface area contributed by atoms with Crippen LogP contribution < -0.4 is 38.9 Å². The van der Waals surface area contributed by atoms with Crippen LogP contribution in [0.3, 0.4) is 0 Å². The molecule has 0 saturated heterocycles. The van der Waals surface area contributed by atoms with Gasteiger partial charge in [-0.3, -0.25) is 24.2 Å². The van der Waals surface area contributed by atoms with Gasteiger partial charge in [0.25, 0.3) is 0 Å². The molecule has 3 amide bonds. The second-order valence-corrected chi connectivity index (χ2v) is 6.29. The molecule has 0 aromatic rings. The molecule has 2 atom stereocenters. The Bertz CT molecular complexity index is 580. The smallest absolute Gasteiger partial charge is 0.322 e. The second kappa shape index (κ2) is 15.0. The number of carbonyl (C=O) groups excluding carboxylic acids is 3. The first-order chi connectivity index (χ1) is 13.7. The number of nitrogens with zero attached hydrogens (tertiary/aromatic N) is 1. The van der Waals surface area contributed by atoms with Crippen LogP contribution in [0.1, 0.15) is 32.1 Å². The molecule has 0 aliphatic carbocycles. The van der Waals surface area contributed by atoms with Crippen LogP contribution in [-0.4, -0.2) is 73.0 Å². The highest BCUT2D eigenvalue weighted by atomic mass is 16.4. The molecular weight excluding hydrogens is 384 g/mol. The number of nitrogens with one attached hydrogen (secondary N) is 3. The Morgan fingerprint density at radius 3 is 2.21 bits per heavy atom. The molecule has 166 valence electrons. The number of hydrogen-bond acceptors (Lipinski definition) is 7. The Balaban J connectivity index is 4.62. The summed E-state index contributed by atoms with van der Waals surface area (Å²) >= 11 is 0. The van der Waals surface area contributed by atoms with Gasteiger partial charge >= 0.3 is 5.97 Å². The van der Waals surface area contributed by atoms with Gasteiger partial charge in [0.05, 0.1) is 12.6 Å². The Kier molecular flexibility index (Phi) is 13.5. The van der Waals surface area contributed by atoms with Crippen molar-refractivity contribution in [2.24, 2.45) is 27.9 Å². The Morgan fingerprint density at radius 2 is 1.62 bits per heavy atom. The molecule has 0 fully saturated rings. The van der Waals surface area contributed by atoms with Crippen molar-refractivity contribution in [3.8, 4) is 0 Å². The predicted molar refractivity (Wildman–Crippen MR) is 106 cm³/mol. The molecule has 0 saturated carbocycles. The molecule has 13 heteroatoms. The van der Waals surface area contributed by atoms with Gasteiger partial charge < -0.3 is 44.0 Å². The lowest BCUT2D eigenvalue weighted by molar-refractivity contribution is -0.138. The largest absolute Gasteiger partial charge is 0.480 e. The number of carboxylic acid groups (broad SMARTS) is 1. The van der Waals surface area contributed by atoms with E-state index in [1.165, 1.54) is 0 Å². The molecule has 12 N–H and O–H groups in total. The van der Waals surface area contributed by atoms with Gasteiger partial charge in [-0.15, -0.1) is 0 Å². The standard InChI is InChI=1S/C16H32N8O5/c17-6-2-1-5-11(15(29)23-8-12(25)22-9-13(26)27)24-14(28)10(18)4-3-7-21-16(19)20/h10-11H,1-9,17-18H2,(H,22,25)(H,23,29)(H,24,28)(H,26,27)(H4,19,20,21). The van der Waals surface area contributed by atoms with Gasteiger partial charge in [0.15, 0.2) is 5.96 Å². The van der Waals surface area contributed by atoms with Crippen LogP contribution in [0.15, 0.2) is 4.99 Å². The van der Waals surface area contributed by atoms with E-state index in [2.05, 4.69) is 20.9 Å². The van der Waals surface area contributed by atoms with Gasteiger partial charge in [0.2, 0.25) is 17.7 Å². The molecule has 0 heterocycles. The molecule has 0 radical (unpaired) electrons. The third kappa shape index (κ3) is 13.8. The Labute approximate surface area is 169 Å². The fourth-order valence-corrected chi connectivity index (χ4v) is 2.22. The number of aliphatic carboxylic acids is 1. The molecule has 0 rings (SSSR count). The van der Waals surface area contributed by atoms with E-state index >= 15 is 0 Å². The third-order valence-corrected chi connectivity index (χ3v) is 3.74. The minimum absolute atomic E-state index is 0.0490. The van der Waals surface area contributed by atoms with E-state index in [0.29, 0.717) is 45.2 Å². The average Bonchev–Trinajstić information content (AvgIpc) is 2.66. The summed E-state index contributed by atoms with van der Waals surface area (Å²) in [7, 11) is 0. The van der Waals surface area contributed by atoms with Crippen molar-refractivity contribution in [2.75, 3.05) is 26.2 Å². The highest BCUT2D eigenvalue weighted by Gasteiger charge is 2.23. The quantitative estimate of drug-likeness (QED) is 0.0742. The molecule has 2 unspecified atom stereocenters. The topological polar surface area (TPSA) is 241 Å². The number of hydrogen-bond donors (Lipinski definition) is 8. The van der Waals surface area contributed by atoms with Gasteiger partial charge in [-0.1, -0.05) is 0 Å². The van der Waals surface area contributed by atoms with Crippen LogP contribution in [0.2, 0.25) is 0 Å². The molecule has 13 nitrogen and oxygen atoms in total. The second-order valence-electron chi connectivity index (χ2n) is 6.29. The monoisotopic (exact) mass is 416 g/mol. The maximum atomic E-state index is 12.3. The van der Waals surface area contributed by atoms with E-state index in [4.69, 9.17) is 28.0 Å². The molecule has 0 aromatic heterocycles. The lowest BCUT2D eigenvalue weighted by Gasteiger charge is -2.20. The van der Waals surface area contributed by atoms with E-state index < -0.39 is 48.9 Å². The summed E-state index contributed by atoms with van der Waals surface area (Å²) in [5.74, 6) is -3.01. The molecule has 0 aromatic carbocycles. The number of aliphatic imine (C=N–C) groups is 1. The normalized spacial score (nSPS) is 12.3. The molecule has 0 aliphatic rings. The number of rotatable bonds is 15. The highest BCUT2D eigenvalue weighted by Crippen LogP contribution is 2.03. The van der Waals surface area contributed by atoms with Crippen LogP contribution in [0.4, 0.5) is 0 Å². The van der Waals surface area contributed by atoms with E-state index in [0.717, 1.165) is 0 Å². The fraction of sp³-hybridized carbons (Fsp3) is 0.688. The van der Waals surface area contributed by atoms with Gasteiger partial charge in [-0.05, 0) is 38.6 Å². The number of carbonyl (C=O) groups is 4. The third-order valence-electron chi connectivity index (χ3n) is 3.74. The van der Waals surface area contributed by atoms with Gasteiger partial charge in [-0.2, -0.15) is 0 Å². The van der Waals surface area contributed by atoms with E-state index in [1.54, 1.807) is 0 Å². The number of unbranched alkanes of at least 4 members (excludes halogenated alkanes) is 1. The van der Waals surface area contributed by atoms with Crippen molar-refractivity contribution in [2.45, 2.75) is 44.2 Å². The summed E-state index contributed by atoms with van der Waals surface area (Å²) in [5.41, 5.74) is 21.7. The van der Waals surface area contributed by atoms with Crippen LogP contribution in [0, 0.1) is 0 Å². The summed E-state index contributed by atoms with van der Waals surface area (Å²) in [6.07, 6.45) is 2.35. The summed E-state index contributed by atoms with van der Waals surface area (Å²) in [4.78, 5) is 50.3. The van der Waals surface area contributed by atoms with Crippen molar-refractivity contribution >= 4 is 29.7 Å². The molecule has 0 aliphatic heterocycles. The minimum atomic E-state index is -1.20. The Morgan fingerprint density at radius 1 is 0.931 bits per heavy atom. The first kappa shape index (κ1) is 26.1. The van der Waals surface area contributed by atoms with Gasteiger partial charge in [-0.25, -0.2) is 0 Å². The lowest BCUT2D eigenvalue weighted by Crippen LogP contribution is -2.52. The van der Waals surface area contributed by atoms with Crippen LogP contribution >= 0.6 is 0 Å². The zero-order chi connectivity index (χ0) is 22.2. The van der Waals surface area contributed by atoms with Gasteiger partial charge in [0.1, 0.15) is 12.6 Å². The number of guanidine groups is 1. The molecule has 29 heavy (non-hydrogen) atoms. The van der Waals surface area contributed by atoms with Crippen LogP contribution in [-0.2, 0) is 19.2 Å². The van der Waals surface area contributed by atoms with Crippen molar-refractivity contribution in [1.82, 2.24) is 16.0 Å². The molecule has 0 bridgehead atoms. The zero-order valence-electron chi connectivity index (χ0n) is 16.4. The van der Waals surface area contributed by atoms with Crippen molar-refractivity contribution in [1.29, 1.82) is 0 Å². The van der Waals surface area contributed by atoms with E-state index in [1.807, 2.05) is 0 Å². The van der Waals surface area contributed by atoms with Crippen molar-refractivity contribution in [3.05, 3.63) is 0 Å². The van der Waals surface area contributed by atoms with Gasteiger partial charge in [0, 0.05) is 6.54 Å². The van der Waals surface area contributed by atoms with Crippen LogP contribution in [0.25, 0.3) is 0 Å². The van der Waals surface area contributed by atoms with E-state index in [9.17, 15) is 19.2 Å². The predicted octanol–water partition coefficient (Wildman–Crippen LogP) is -3.70. The maximum Gasteiger partial charge on any atom is 0.322 e. The molecular formula is C16H32N8O5. The fourth-order valence-electron chi connectivity index (χ4n) is 2.22. The summed E-state index contributed by atoms with van der Waals surface area (Å²) < 4.78 is 0. The average molecular weight is 416 g/mol. The maximum absolute atomic E-state index is 12.3. The van der Waals surface area contributed by atoms with E-state index in [-0.39, 0.29) is 5.96 Å². The molecule has 0 spiro atoms. The first-order valence-electron chi connectivity index (χ1n) is 9.25.